The van der Waals surface area contributed by atoms with Crippen molar-refractivity contribution in [1.29, 1.82) is 0 Å². The molecule has 0 bridgehead atoms. The van der Waals surface area contributed by atoms with Gasteiger partial charge in [-0.15, -0.1) is 0 Å². The summed E-state index contributed by atoms with van der Waals surface area (Å²) in [5, 5.41) is 2.96. The molecule has 142 valence electrons. The Labute approximate surface area is 158 Å². The van der Waals surface area contributed by atoms with Gasteiger partial charge in [0.15, 0.2) is 0 Å². The van der Waals surface area contributed by atoms with E-state index in [1.807, 2.05) is 30.3 Å². The molecule has 0 saturated carbocycles. The smallest absolute Gasteiger partial charge is 0.337 e. The maximum Gasteiger partial charge on any atom is 0.337 e. The van der Waals surface area contributed by atoms with Gasteiger partial charge in [0.05, 0.1) is 30.9 Å². The molecule has 6 nitrogen and oxygen atoms in total. The average molecular weight is 369 g/mol. The fourth-order valence-electron chi connectivity index (χ4n) is 3.42. The van der Waals surface area contributed by atoms with Gasteiger partial charge in [-0.3, -0.25) is 4.79 Å². The number of amides is 1. The highest BCUT2D eigenvalue weighted by Gasteiger charge is 2.42. The fraction of sp³-hybridized carbons (Fsp3) is 0.333. The zero-order valence-electron chi connectivity index (χ0n) is 15.5. The molecular formula is C21H23NO5. The quantitative estimate of drug-likeness (QED) is 0.820. The van der Waals surface area contributed by atoms with E-state index in [0.717, 1.165) is 5.56 Å². The molecule has 1 heterocycles. The lowest BCUT2D eigenvalue weighted by molar-refractivity contribution is -0.125. The van der Waals surface area contributed by atoms with Gasteiger partial charge >= 0.3 is 5.97 Å². The number of ether oxygens (including phenoxy) is 3. The van der Waals surface area contributed by atoms with Crippen molar-refractivity contribution in [3.05, 3.63) is 59.7 Å². The second-order valence-electron chi connectivity index (χ2n) is 6.42. The Morgan fingerprint density at radius 2 is 1.74 bits per heavy atom. The molecule has 0 aromatic heterocycles. The number of carbonyl (C=O) groups excluding carboxylic acids is 2. The monoisotopic (exact) mass is 369 g/mol. The van der Waals surface area contributed by atoms with E-state index in [-0.39, 0.29) is 5.91 Å². The summed E-state index contributed by atoms with van der Waals surface area (Å²) < 4.78 is 15.6. The number of nitrogens with one attached hydrogen (secondary N) is 1. The molecule has 0 spiro atoms. The number of esters is 1. The van der Waals surface area contributed by atoms with Crippen LogP contribution in [-0.4, -0.2) is 39.3 Å². The van der Waals surface area contributed by atoms with Crippen molar-refractivity contribution in [3.63, 3.8) is 0 Å². The van der Waals surface area contributed by atoms with E-state index in [1.54, 1.807) is 18.2 Å². The lowest BCUT2D eigenvalue weighted by atomic mass is 9.73. The standard InChI is InChI=1S/C21H23NO5/c1-25-18-9-8-15(19(23)26-2)14-17(18)22-20(24)21(10-12-27-13-11-21)16-6-4-3-5-7-16/h3-9,14H,10-13H2,1-2H3,(H,22,24). The minimum absolute atomic E-state index is 0.141. The van der Waals surface area contributed by atoms with Gasteiger partial charge in [-0.1, -0.05) is 30.3 Å². The molecule has 6 heteroatoms. The van der Waals surface area contributed by atoms with Crippen LogP contribution in [0.5, 0.6) is 5.75 Å². The van der Waals surface area contributed by atoms with Crippen molar-refractivity contribution in [2.24, 2.45) is 0 Å². The Morgan fingerprint density at radius 1 is 1.04 bits per heavy atom. The molecule has 1 saturated heterocycles. The maximum absolute atomic E-state index is 13.4. The maximum atomic E-state index is 13.4. The van der Waals surface area contributed by atoms with Gasteiger partial charge in [0.1, 0.15) is 5.75 Å². The van der Waals surface area contributed by atoms with E-state index in [9.17, 15) is 9.59 Å². The molecule has 0 aliphatic carbocycles. The third-order valence-corrected chi connectivity index (χ3v) is 4.98. The van der Waals surface area contributed by atoms with Crippen LogP contribution in [0.15, 0.2) is 48.5 Å². The van der Waals surface area contributed by atoms with E-state index >= 15 is 0 Å². The second kappa shape index (κ2) is 8.22. The van der Waals surface area contributed by atoms with Gasteiger partial charge in [-0.2, -0.15) is 0 Å². The fourth-order valence-corrected chi connectivity index (χ4v) is 3.42. The third kappa shape index (κ3) is 3.80. The lowest BCUT2D eigenvalue weighted by Crippen LogP contribution is -2.44. The van der Waals surface area contributed by atoms with Crippen LogP contribution in [0.1, 0.15) is 28.8 Å². The summed E-state index contributed by atoms with van der Waals surface area (Å²) in [6.07, 6.45) is 1.17. The van der Waals surface area contributed by atoms with Crippen LogP contribution in [0.25, 0.3) is 0 Å². The summed E-state index contributed by atoms with van der Waals surface area (Å²) in [5.41, 5.74) is 1.04. The first-order valence-corrected chi connectivity index (χ1v) is 8.82. The van der Waals surface area contributed by atoms with Crippen molar-refractivity contribution in [2.75, 3.05) is 32.8 Å². The van der Waals surface area contributed by atoms with E-state index in [1.165, 1.54) is 14.2 Å². The highest BCUT2D eigenvalue weighted by atomic mass is 16.5. The van der Waals surface area contributed by atoms with Crippen LogP contribution < -0.4 is 10.1 Å². The van der Waals surface area contributed by atoms with E-state index in [4.69, 9.17) is 14.2 Å². The predicted octanol–water partition coefficient (Wildman–Crippen LogP) is 3.17. The molecule has 1 N–H and O–H groups in total. The number of hydrogen-bond acceptors (Lipinski definition) is 5. The van der Waals surface area contributed by atoms with Crippen molar-refractivity contribution in [1.82, 2.24) is 0 Å². The second-order valence-corrected chi connectivity index (χ2v) is 6.42. The summed E-state index contributed by atoms with van der Waals surface area (Å²) in [7, 11) is 2.83. The average Bonchev–Trinajstić information content (AvgIpc) is 2.74. The molecule has 1 aliphatic heterocycles. The summed E-state index contributed by atoms with van der Waals surface area (Å²) in [6.45, 7) is 1.03. The molecule has 0 radical (unpaired) electrons. The lowest BCUT2D eigenvalue weighted by Gasteiger charge is -2.36. The van der Waals surface area contributed by atoms with Crippen molar-refractivity contribution >= 4 is 17.6 Å². The molecule has 2 aromatic carbocycles. The minimum atomic E-state index is -0.689. The van der Waals surface area contributed by atoms with Gasteiger partial charge in [-0.05, 0) is 36.6 Å². The Kier molecular flexibility index (Phi) is 5.76. The van der Waals surface area contributed by atoms with Gasteiger partial charge < -0.3 is 19.5 Å². The molecule has 1 aliphatic rings. The SMILES string of the molecule is COC(=O)c1ccc(OC)c(NC(=O)C2(c3ccccc3)CCOCC2)c1. The molecule has 0 unspecified atom stereocenters. The summed E-state index contributed by atoms with van der Waals surface area (Å²) in [4.78, 5) is 25.2. The van der Waals surface area contributed by atoms with Gasteiger partial charge in [0.25, 0.3) is 0 Å². The predicted molar refractivity (Wildman–Crippen MR) is 101 cm³/mol. The van der Waals surface area contributed by atoms with Crippen molar-refractivity contribution < 1.29 is 23.8 Å². The molecule has 27 heavy (non-hydrogen) atoms. The van der Waals surface area contributed by atoms with Crippen LogP contribution in [0.3, 0.4) is 0 Å². The third-order valence-electron chi connectivity index (χ3n) is 4.98. The van der Waals surface area contributed by atoms with E-state index in [0.29, 0.717) is 43.1 Å². The Morgan fingerprint density at radius 3 is 2.37 bits per heavy atom. The first-order valence-electron chi connectivity index (χ1n) is 8.82. The van der Waals surface area contributed by atoms with Crippen LogP contribution in [0.2, 0.25) is 0 Å². The van der Waals surface area contributed by atoms with Crippen LogP contribution >= 0.6 is 0 Å². The first kappa shape index (κ1) is 18.9. The number of benzene rings is 2. The molecule has 0 atom stereocenters. The minimum Gasteiger partial charge on any atom is -0.495 e. The Hall–Kier alpha value is -2.86. The summed E-state index contributed by atoms with van der Waals surface area (Å²) in [6, 6.07) is 14.5. The largest absolute Gasteiger partial charge is 0.495 e. The number of carbonyl (C=O) groups is 2. The van der Waals surface area contributed by atoms with Crippen LogP contribution in [0.4, 0.5) is 5.69 Å². The first-order chi connectivity index (χ1) is 13.1. The van der Waals surface area contributed by atoms with E-state index < -0.39 is 11.4 Å². The summed E-state index contributed by atoms with van der Waals surface area (Å²) >= 11 is 0. The molecule has 1 fully saturated rings. The highest BCUT2D eigenvalue weighted by Crippen LogP contribution is 2.37. The normalized spacial score (nSPS) is 15.6. The number of methoxy groups -OCH3 is 2. The van der Waals surface area contributed by atoms with Crippen LogP contribution in [0, 0.1) is 0 Å². The zero-order valence-corrected chi connectivity index (χ0v) is 15.5. The Bertz CT molecular complexity index is 813. The molecule has 2 aromatic rings. The van der Waals surface area contributed by atoms with Crippen LogP contribution in [-0.2, 0) is 19.7 Å². The topological polar surface area (TPSA) is 73.9 Å². The number of hydrogen-bond donors (Lipinski definition) is 1. The number of anilines is 1. The van der Waals surface area contributed by atoms with Gasteiger partial charge in [0.2, 0.25) is 5.91 Å². The van der Waals surface area contributed by atoms with Gasteiger partial charge in [-0.25, -0.2) is 4.79 Å². The number of rotatable bonds is 5. The Balaban J connectivity index is 1.95. The summed E-state index contributed by atoms with van der Waals surface area (Å²) in [5.74, 6) is -0.138. The zero-order chi connectivity index (χ0) is 19.3. The highest BCUT2D eigenvalue weighted by molar-refractivity contribution is 6.01. The molecule has 3 rings (SSSR count). The van der Waals surface area contributed by atoms with E-state index in [2.05, 4.69) is 5.32 Å². The molecular weight excluding hydrogens is 346 g/mol. The van der Waals surface area contributed by atoms with Crippen molar-refractivity contribution in [3.8, 4) is 5.75 Å². The molecule has 1 amide bonds. The van der Waals surface area contributed by atoms with Gasteiger partial charge in [0, 0.05) is 13.2 Å². The van der Waals surface area contributed by atoms with Crippen molar-refractivity contribution in [2.45, 2.75) is 18.3 Å².